The molecule has 4 nitrogen and oxygen atoms in total. The average Bonchev–Trinajstić information content (AvgIpc) is 3.10. The Labute approximate surface area is 163 Å². The van der Waals surface area contributed by atoms with Crippen LogP contribution >= 0.6 is 15.9 Å². The number of methoxy groups -OCH3 is 2. The predicted octanol–water partition coefficient (Wildman–Crippen LogP) is 5.33. The number of halogens is 1. The highest BCUT2D eigenvalue weighted by atomic mass is 79.9. The third-order valence-corrected chi connectivity index (χ3v) is 6.09. The van der Waals surface area contributed by atoms with E-state index in [2.05, 4.69) is 59.4 Å². The second kappa shape index (κ2) is 6.78. The maximum absolute atomic E-state index is 6.17. The normalized spacial score (nSPS) is 23.8. The molecule has 1 fully saturated rings. The van der Waals surface area contributed by atoms with Crippen molar-refractivity contribution in [2.75, 3.05) is 26.1 Å². The molecule has 1 unspecified atom stereocenters. The lowest BCUT2D eigenvalue weighted by Crippen LogP contribution is -2.30. The van der Waals surface area contributed by atoms with Gasteiger partial charge in [-0.2, -0.15) is 0 Å². The predicted molar refractivity (Wildman–Crippen MR) is 106 cm³/mol. The Kier molecular flexibility index (Phi) is 4.61. The van der Waals surface area contributed by atoms with Crippen LogP contribution in [0.1, 0.15) is 40.8 Å². The van der Waals surface area contributed by atoms with Crippen molar-refractivity contribution in [3.63, 3.8) is 0 Å². The molecule has 0 amide bonds. The highest BCUT2D eigenvalue weighted by molar-refractivity contribution is 9.10. The molecule has 1 N–H and O–H groups in total. The number of rotatable bonds is 3. The van der Waals surface area contributed by atoms with Crippen molar-refractivity contribution < 1.29 is 14.2 Å². The van der Waals surface area contributed by atoms with E-state index in [1.165, 1.54) is 27.9 Å². The molecule has 2 aliphatic rings. The Morgan fingerprint density at radius 1 is 1.12 bits per heavy atom. The number of hydrogen-bond donors (Lipinski definition) is 1. The fourth-order valence-electron chi connectivity index (χ4n) is 4.40. The van der Waals surface area contributed by atoms with E-state index in [-0.39, 0.29) is 12.1 Å². The average molecular weight is 418 g/mol. The molecule has 138 valence electrons. The van der Waals surface area contributed by atoms with Gasteiger partial charge in [-0.1, -0.05) is 17.7 Å². The molecule has 0 bridgehead atoms. The molecule has 2 aromatic rings. The summed E-state index contributed by atoms with van der Waals surface area (Å²) in [5, 5.41) is 3.80. The van der Waals surface area contributed by atoms with Gasteiger partial charge < -0.3 is 19.5 Å². The number of ether oxygens (including phenoxy) is 3. The van der Waals surface area contributed by atoms with Crippen LogP contribution in [0.4, 0.5) is 5.69 Å². The van der Waals surface area contributed by atoms with Gasteiger partial charge in [-0.15, -0.1) is 0 Å². The molecule has 2 heterocycles. The standard InChI is InChI=1S/C21H24BrNO3/c1-11-7-12(2)18-15(8-11)20-14(5-6-26-20)19(23-18)13-9-16(22)21(25-4)17(10-13)24-3/h7-10,14,19-20,23H,5-6H2,1-4H3/t14-,19?,20-/m0/s1. The van der Waals surface area contributed by atoms with E-state index in [4.69, 9.17) is 14.2 Å². The fraction of sp³-hybridized carbons (Fsp3) is 0.429. The van der Waals surface area contributed by atoms with Crippen LogP contribution in [0, 0.1) is 19.8 Å². The summed E-state index contributed by atoms with van der Waals surface area (Å²) in [4.78, 5) is 0. The summed E-state index contributed by atoms with van der Waals surface area (Å²) in [7, 11) is 3.33. The molecule has 4 rings (SSSR count). The van der Waals surface area contributed by atoms with Gasteiger partial charge in [0.25, 0.3) is 0 Å². The number of fused-ring (bicyclic) bond motifs is 3. The minimum Gasteiger partial charge on any atom is -0.493 e. The van der Waals surface area contributed by atoms with Gasteiger partial charge >= 0.3 is 0 Å². The summed E-state index contributed by atoms with van der Waals surface area (Å²) in [5.41, 5.74) is 6.22. The summed E-state index contributed by atoms with van der Waals surface area (Å²) < 4.78 is 18.1. The first-order valence-electron chi connectivity index (χ1n) is 8.94. The van der Waals surface area contributed by atoms with Crippen molar-refractivity contribution in [2.45, 2.75) is 32.4 Å². The number of anilines is 1. The third kappa shape index (κ3) is 2.78. The van der Waals surface area contributed by atoms with Crippen LogP contribution in [-0.4, -0.2) is 20.8 Å². The highest BCUT2D eigenvalue weighted by Crippen LogP contribution is 2.52. The molecule has 2 aliphatic heterocycles. The first kappa shape index (κ1) is 17.7. The molecular weight excluding hydrogens is 394 g/mol. The quantitative estimate of drug-likeness (QED) is 0.732. The number of aryl methyl sites for hydroxylation is 2. The van der Waals surface area contributed by atoms with Crippen molar-refractivity contribution in [2.24, 2.45) is 5.92 Å². The van der Waals surface area contributed by atoms with E-state index in [0.717, 1.165) is 29.0 Å². The first-order chi connectivity index (χ1) is 12.5. The van der Waals surface area contributed by atoms with Crippen molar-refractivity contribution in [1.82, 2.24) is 0 Å². The molecule has 0 radical (unpaired) electrons. The van der Waals surface area contributed by atoms with E-state index < -0.39 is 0 Å². The molecule has 3 atom stereocenters. The summed E-state index contributed by atoms with van der Waals surface area (Å²) in [6, 6.07) is 8.86. The van der Waals surface area contributed by atoms with Crippen LogP contribution in [0.3, 0.4) is 0 Å². The van der Waals surface area contributed by atoms with Crippen LogP contribution in [0.15, 0.2) is 28.7 Å². The van der Waals surface area contributed by atoms with Gasteiger partial charge in [0.05, 0.1) is 30.8 Å². The minimum atomic E-state index is 0.140. The smallest absolute Gasteiger partial charge is 0.174 e. The van der Waals surface area contributed by atoms with Crippen LogP contribution in [-0.2, 0) is 4.74 Å². The van der Waals surface area contributed by atoms with Gasteiger partial charge in [0.2, 0.25) is 0 Å². The van der Waals surface area contributed by atoms with E-state index >= 15 is 0 Å². The van der Waals surface area contributed by atoms with Crippen LogP contribution in [0.5, 0.6) is 11.5 Å². The van der Waals surface area contributed by atoms with Gasteiger partial charge in [-0.05, 0) is 59.5 Å². The van der Waals surface area contributed by atoms with Gasteiger partial charge in [0, 0.05) is 23.8 Å². The van der Waals surface area contributed by atoms with Crippen LogP contribution < -0.4 is 14.8 Å². The number of hydrogen-bond acceptors (Lipinski definition) is 4. The fourth-order valence-corrected chi connectivity index (χ4v) is 5.02. The molecule has 0 spiro atoms. The molecule has 0 saturated carbocycles. The zero-order valence-corrected chi connectivity index (χ0v) is 17.1. The lowest BCUT2D eigenvalue weighted by atomic mass is 9.79. The summed E-state index contributed by atoms with van der Waals surface area (Å²) >= 11 is 3.63. The molecule has 0 aliphatic carbocycles. The van der Waals surface area contributed by atoms with Gasteiger partial charge in [0.1, 0.15) is 0 Å². The first-order valence-corrected chi connectivity index (χ1v) is 9.73. The molecule has 26 heavy (non-hydrogen) atoms. The van der Waals surface area contributed by atoms with Crippen molar-refractivity contribution in [3.8, 4) is 11.5 Å². The maximum Gasteiger partial charge on any atom is 0.174 e. The second-order valence-corrected chi connectivity index (χ2v) is 8.00. The van der Waals surface area contributed by atoms with Crippen molar-refractivity contribution in [1.29, 1.82) is 0 Å². The van der Waals surface area contributed by atoms with Crippen molar-refractivity contribution >= 4 is 21.6 Å². The SMILES string of the molecule is COc1cc(C2Nc3c(C)cc(C)cc3[C@H]3OCC[C@@H]23)cc(Br)c1OC. The Hall–Kier alpha value is -1.72. The third-order valence-electron chi connectivity index (χ3n) is 5.50. The van der Waals surface area contributed by atoms with Crippen LogP contribution in [0.2, 0.25) is 0 Å². The Morgan fingerprint density at radius 2 is 1.92 bits per heavy atom. The Morgan fingerprint density at radius 3 is 2.65 bits per heavy atom. The largest absolute Gasteiger partial charge is 0.493 e. The van der Waals surface area contributed by atoms with Crippen LogP contribution in [0.25, 0.3) is 0 Å². The van der Waals surface area contributed by atoms with E-state index in [9.17, 15) is 0 Å². The van der Waals surface area contributed by atoms with E-state index in [1.807, 2.05) is 0 Å². The molecular formula is C21H24BrNO3. The number of nitrogens with one attached hydrogen (secondary N) is 1. The maximum atomic E-state index is 6.17. The summed E-state index contributed by atoms with van der Waals surface area (Å²) in [5.74, 6) is 1.85. The molecule has 1 saturated heterocycles. The second-order valence-electron chi connectivity index (χ2n) is 7.15. The highest BCUT2D eigenvalue weighted by Gasteiger charge is 2.42. The zero-order valence-electron chi connectivity index (χ0n) is 15.6. The Bertz CT molecular complexity index is 852. The monoisotopic (exact) mass is 417 g/mol. The van der Waals surface area contributed by atoms with Gasteiger partial charge in [-0.3, -0.25) is 0 Å². The van der Waals surface area contributed by atoms with Crippen molar-refractivity contribution in [3.05, 3.63) is 51.0 Å². The minimum absolute atomic E-state index is 0.140. The summed E-state index contributed by atoms with van der Waals surface area (Å²) in [6.45, 7) is 5.11. The summed E-state index contributed by atoms with van der Waals surface area (Å²) in [6.07, 6.45) is 1.18. The zero-order chi connectivity index (χ0) is 18.4. The lowest BCUT2D eigenvalue weighted by molar-refractivity contribution is 0.0828. The topological polar surface area (TPSA) is 39.7 Å². The Balaban J connectivity index is 1.82. The number of benzene rings is 2. The lowest BCUT2D eigenvalue weighted by Gasteiger charge is -2.38. The van der Waals surface area contributed by atoms with Gasteiger partial charge in [0.15, 0.2) is 11.5 Å². The molecule has 2 aromatic carbocycles. The molecule has 5 heteroatoms. The molecule has 0 aromatic heterocycles. The van der Waals surface area contributed by atoms with E-state index in [1.54, 1.807) is 14.2 Å². The van der Waals surface area contributed by atoms with Gasteiger partial charge in [-0.25, -0.2) is 0 Å². The van der Waals surface area contributed by atoms with E-state index in [0.29, 0.717) is 5.92 Å².